The summed E-state index contributed by atoms with van der Waals surface area (Å²) in [5.41, 5.74) is 2.46. The number of hydrogen-bond acceptors (Lipinski definition) is 3. The van der Waals surface area contributed by atoms with Gasteiger partial charge in [0.25, 0.3) is 10.0 Å². The van der Waals surface area contributed by atoms with E-state index in [-0.39, 0.29) is 21.6 Å². The Hall–Kier alpha value is -1.72. The predicted molar refractivity (Wildman–Crippen MR) is 93.9 cm³/mol. The van der Waals surface area contributed by atoms with Gasteiger partial charge in [-0.15, -0.1) is 0 Å². The van der Waals surface area contributed by atoms with Crippen molar-refractivity contribution in [3.8, 4) is 5.75 Å². The first-order chi connectivity index (χ1) is 10.6. The van der Waals surface area contributed by atoms with Crippen LogP contribution in [0.25, 0.3) is 0 Å². The number of sulfonamides is 1. The van der Waals surface area contributed by atoms with E-state index in [4.69, 9.17) is 11.6 Å². The highest BCUT2D eigenvalue weighted by molar-refractivity contribution is 7.92. The van der Waals surface area contributed by atoms with Crippen LogP contribution >= 0.6 is 11.6 Å². The molecule has 0 fully saturated rings. The van der Waals surface area contributed by atoms with Crippen LogP contribution in [0, 0.1) is 13.8 Å². The highest BCUT2D eigenvalue weighted by Gasteiger charge is 2.21. The van der Waals surface area contributed by atoms with Gasteiger partial charge in [-0.3, -0.25) is 4.72 Å². The van der Waals surface area contributed by atoms with Gasteiger partial charge in [-0.1, -0.05) is 43.1 Å². The summed E-state index contributed by atoms with van der Waals surface area (Å²) in [6.45, 7) is 7.35. The zero-order chi connectivity index (χ0) is 17.4. The summed E-state index contributed by atoms with van der Waals surface area (Å²) in [6, 6.07) is 8.20. The van der Waals surface area contributed by atoms with E-state index in [0.29, 0.717) is 16.8 Å². The van der Waals surface area contributed by atoms with Crippen molar-refractivity contribution in [2.24, 2.45) is 0 Å². The lowest BCUT2D eigenvalue weighted by Crippen LogP contribution is -2.15. The number of aromatic hydroxyl groups is 1. The van der Waals surface area contributed by atoms with Crippen molar-refractivity contribution >= 4 is 27.3 Å². The smallest absolute Gasteiger partial charge is 0.261 e. The molecule has 0 radical (unpaired) electrons. The molecule has 2 aromatic rings. The maximum Gasteiger partial charge on any atom is 0.261 e. The number of hydrogen-bond donors (Lipinski definition) is 2. The third kappa shape index (κ3) is 3.62. The van der Waals surface area contributed by atoms with Gasteiger partial charge < -0.3 is 5.11 Å². The van der Waals surface area contributed by atoms with Crippen molar-refractivity contribution in [1.82, 2.24) is 0 Å². The molecule has 0 aliphatic carbocycles. The molecule has 0 spiro atoms. The Morgan fingerprint density at radius 1 is 1.13 bits per heavy atom. The number of benzene rings is 2. The number of rotatable bonds is 4. The van der Waals surface area contributed by atoms with Crippen molar-refractivity contribution in [2.75, 3.05) is 4.72 Å². The highest BCUT2D eigenvalue weighted by Crippen LogP contribution is 2.40. The van der Waals surface area contributed by atoms with Crippen molar-refractivity contribution < 1.29 is 13.5 Å². The third-order valence-electron chi connectivity index (χ3n) is 3.62. The molecule has 2 rings (SSSR count). The molecule has 0 saturated heterocycles. The van der Waals surface area contributed by atoms with Gasteiger partial charge in [-0.25, -0.2) is 8.42 Å². The number of phenols is 1. The first-order valence-corrected chi connectivity index (χ1v) is 9.11. The fraction of sp³-hybridized carbons (Fsp3) is 0.294. The normalized spacial score (nSPS) is 11.7. The Morgan fingerprint density at radius 2 is 1.70 bits per heavy atom. The number of phenolic OH excluding ortho intramolecular Hbond substituents is 1. The van der Waals surface area contributed by atoms with Crippen LogP contribution in [0.15, 0.2) is 35.2 Å². The van der Waals surface area contributed by atoms with E-state index in [1.54, 1.807) is 37.3 Å². The average Bonchev–Trinajstić information content (AvgIpc) is 2.44. The summed E-state index contributed by atoms with van der Waals surface area (Å²) in [6.07, 6.45) is 0. The van der Waals surface area contributed by atoms with Gasteiger partial charge in [0.1, 0.15) is 5.75 Å². The van der Waals surface area contributed by atoms with Crippen LogP contribution in [0.1, 0.15) is 36.5 Å². The maximum atomic E-state index is 12.6. The molecule has 0 aliphatic heterocycles. The summed E-state index contributed by atoms with van der Waals surface area (Å²) < 4.78 is 27.7. The average molecular weight is 354 g/mol. The van der Waals surface area contributed by atoms with Crippen LogP contribution in [0.3, 0.4) is 0 Å². The molecule has 0 saturated carbocycles. The molecule has 0 unspecified atom stereocenters. The quantitative estimate of drug-likeness (QED) is 0.790. The van der Waals surface area contributed by atoms with E-state index in [9.17, 15) is 13.5 Å². The fourth-order valence-electron chi connectivity index (χ4n) is 2.35. The molecule has 2 aromatic carbocycles. The van der Waals surface area contributed by atoms with E-state index < -0.39 is 10.0 Å². The second-order valence-electron chi connectivity index (χ2n) is 5.89. The summed E-state index contributed by atoms with van der Waals surface area (Å²) in [4.78, 5) is 0.180. The Kier molecular flexibility index (Phi) is 4.92. The zero-order valence-corrected chi connectivity index (χ0v) is 15.1. The van der Waals surface area contributed by atoms with Gasteiger partial charge in [0.15, 0.2) is 0 Å². The van der Waals surface area contributed by atoms with Crippen LogP contribution in [-0.4, -0.2) is 13.5 Å². The molecule has 124 valence electrons. The topological polar surface area (TPSA) is 66.4 Å². The highest BCUT2D eigenvalue weighted by atomic mass is 35.5. The minimum Gasteiger partial charge on any atom is -0.506 e. The Morgan fingerprint density at radius 3 is 2.22 bits per heavy atom. The number of nitrogens with one attached hydrogen (secondary N) is 1. The van der Waals surface area contributed by atoms with Gasteiger partial charge >= 0.3 is 0 Å². The van der Waals surface area contributed by atoms with Gasteiger partial charge in [-0.05, 0) is 43.5 Å². The van der Waals surface area contributed by atoms with Gasteiger partial charge in [0.05, 0.1) is 15.6 Å². The standard InChI is InChI=1S/C17H20ClNO3S/c1-10(2)15-14(9-12(4)17(20)16(15)18)19-23(21,22)13-7-5-11(3)6-8-13/h5-10,19-20H,1-4H3. The van der Waals surface area contributed by atoms with E-state index in [0.717, 1.165) is 5.56 Å². The number of halogens is 1. The maximum absolute atomic E-state index is 12.6. The largest absolute Gasteiger partial charge is 0.506 e. The summed E-state index contributed by atoms with van der Waals surface area (Å²) in [7, 11) is -3.72. The van der Waals surface area contributed by atoms with Gasteiger partial charge in [0.2, 0.25) is 0 Å². The second kappa shape index (κ2) is 6.42. The molecule has 2 N–H and O–H groups in total. The SMILES string of the molecule is Cc1ccc(S(=O)(=O)Nc2cc(C)c(O)c(Cl)c2C(C)C)cc1. The van der Waals surface area contributed by atoms with E-state index in [1.165, 1.54) is 0 Å². The van der Waals surface area contributed by atoms with Gasteiger partial charge in [0, 0.05) is 5.56 Å². The van der Waals surface area contributed by atoms with Crippen LogP contribution in [-0.2, 0) is 10.0 Å². The Bertz CT molecular complexity index is 828. The molecule has 4 nitrogen and oxygen atoms in total. The monoisotopic (exact) mass is 353 g/mol. The van der Waals surface area contributed by atoms with Crippen LogP contribution < -0.4 is 4.72 Å². The zero-order valence-electron chi connectivity index (χ0n) is 13.5. The van der Waals surface area contributed by atoms with Crippen molar-refractivity contribution in [2.45, 2.75) is 38.5 Å². The minimum absolute atomic E-state index is 0.0198. The lowest BCUT2D eigenvalue weighted by atomic mass is 9.99. The Labute approximate surface area is 142 Å². The van der Waals surface area contributed by atoms with Crippen molar-refractivity contribution in [1.29, 1.82) is 0 Å². The molecule has 23 heavy (non-hydrogen) atoms. The molecule has 0 bridgehead atoms. The van der Waals surface area contributed by atoms with E-state index in [1.807, 2.05) is 20.8 Å². The van der Waals surface area contributed by atoms with Gasteiger partial charge in [-0.2, -0.15) is 0 Å². The lowest BCUT2D eigenvalue weighted by Gasteiger charge is -2.19. The molecule has 0 amide bonds. The predicted octanol–water partition coefficient (Wildman–Crippen LogP) is 4.59. The third-order valence-corrected chi connectivity index (χ3v) is 5.39. The number of anilines is 1. The fourth-order valence-corrected chi connectivity index (χ4v) is 3.89. The molecular weight excluding hydrogens is 334 g/mol. The lowest BCUT2D eigenvalue weighted by molar-refractivity contribution is 0.470. The molecule has 0 heterocycles. The first kappa shape index (κ1) is 17.6. The van der Waals surface area contributed by atoms with E-state index in [2.05, 4.69) is 4.72 Å². The second-order valence-corrected chi connectivity index (χ2v) is 7.95. The minimum atomic E-state index is -3.72. The number of aryl methyl sites for hydroxylation is 2. The molecule has 0 atom stereocenters. The summed E-state index contributed by atoms with van der Waals surface area (Å²) >= 11 is 6.21. The van der Waals surface area contributed by atoms with Crippen molar-refractivity contribution in [3.05, 3.63) is 52.0 Å². The Balaban J connectivity index is 2.53. The molecule has 0 aliphatic rings. The van der Waals surface area contributed by atoms with Crippen LogP contribution in [0.5, 0.6) is 5.75 Å². The molecule has 0 aromatic heterocycles. The first-order valence-electron chi connectivity index (χ1n) is 7.25. The van der Waals surface area contributed by atoms with E-state index >= 15 is 0 Å². The molecule has 6 heteroatoms. The molecular formula is C17H20ClNO3S. The summed E-state index contributed by atoms with van der Waals surface area (Å²) in [5.74, 6) is -0.0710. The summed E-state index contributed by atoms with van der Waals surface area (Å²) in [5, 5.41) is 10.2. The van der Waals surface area contributed by atoms with Crippen LogP contribution in [0.2, 0.25) is 5.02 Å². The van der Waals surface area contributed by atoms with Crippen LogP contribution in [0.4, 0.5) is 5.69 Å². The van der Waals surface area contributed by atoms with Crippen molar-refractivity contribution in [3.63, 3.8) is 0 Å².